The maximum atomic E-state index is 14.2. The lowest BCUT2D eigenvalue weighted by atomic mass is 10.1. The second kappa shape index (κ2) is 8.31. The van der Waals surface area contributed by atoms with Crippen LogP contribution in [0.1, 0.15) is 17.0 Å². The number of rotatable bonds is 7. The first-order valence-electron chi connectivity index (χ1n) is 9.48. The quantitative estimate of drug-likeness (QED) is 0.612. The molecule has 0 amide bonds. The number of hydrogen-bond acceptors (Lipinski definition) is 6. The Bertz CT molecular complexity index is 965. The topological polar surface area (TPSA) is 54.6 Å². The largest absolute Gasteiger partial charge is 0.488 e. The minimum atomic E-state index is -0.250. The summed E-state index contributed by atoms with van der Waals surface area (Å²) in [5.74, 6) is 1.08. The fraction of sp³-hybridized carbons (Fsp3) is 0.318. The number of likely N-dealkylation sites (tertiary alicyclic amines) is 1. The number of benzene rings is 2. The van der Waals surface area contributed by atoms with Crippen molar-refractivity contribution in [3.8, 4) is 17.2 Å². The molecule has 0 saturated carbocycles. The Morgan fingerprint density at radius 2 is 1.93 bits per heavy atom. The Kier molecular flexibility index (Phi) is 5.60. The molecule has 3 aromatic rings. The third kappa shape index (κ3) is 4.81. The molecule has 0 aliphatic carbocycles. The van der Waals surface area contributed by atoms with Gasteiger partial charge in [0.05, 0.1) is 0 Å². The average molecular weight is 394 g/mol. The zero-order valence-electron chi connectivity index (χ0n) is 16.7. The third-order valence-corrected chi connectivity index (χ3v) is 4.64. The maximum absolute atomic E-state index is 14.2. The summed E-state index contributed by atoms with van der Waals surface area (Å²) in [4.78, 5) is 3.84. The Morgan fingerprint density at radius 1 is 1.17 bits per heavy atom. The minimum Gasteiger partial charge on any atom is -0.488 e. The van der Waals surface area contributed by atoms with Crippen LogP contribution < -0.4 is 4.74 Å². The molecule has 4 rings (SSSR count). The van der Waals surface area contributed by atoms with E-state index >= 15 is 0 Å². The normalized spacial score (nSPS) is 14.9. The van der Waals surface area contributed by atoms with Crippen LogP contribution in [0.3, 0.4) is 0 Å². The monoisotopic (exact) mass is 394 g/mol. The molecule has 2 radical (unpaired) electrons. The lowest BCUT2D eigenvalue weighted by Gasteiger charge is -2.37. The van der Waals surface area contributed by atoms with E-state index in [4.69, 9.17) is 9.15 Å². The Hall–Kier alpha value is -2.77. The molecular weight excluding hydrogens is 371 g/mol. The number of aromatic nitrogens is 2. The van der Waals surface area contributed by atoms with Crippen LogP contribution in [0, 0.1) is 19.3 Å². The van der Waals surface area contributed by atoms with Crippen molar-refractivity contribution in [1.29, 1.82) is 0 Å². The van der Waals surface area contributed by atoms with Crippen LogP contribution in [0.2, 0.25) is 0 Å². The SMILES string of the molecule is Cc1ccc(-c2nnc([C]N3CC(Oc4ccc(CN(C)C)c(F)c4)C3)o2)cc1. The smallest absolute Gasteiger partial charge is 0.247 e. The number of halogens is 1. The summed E-state index contributed by atoms with van der Waals surface area (Å²) < 4.78 is 25.7. The molecule has 1 fully saturated rings. The summed E-state index contributed by atoms with van der Waals surface area (Å²) in [7, 11) is 3.82. The summed E-state index contributed by atoms with van der Waals surface area (Å²) in [6.45, 7) is 6.91. The molecule has 1 saturated heterocycles. The van der Waals surface area contributed by atoms with Gasteiger partial charge in [0.15, 0.2) is 6.54 Å². The minimum absolute atomic E-state index is 0.0268. The molecule has 1 aromatic heterocycles. The van der Waals surface area contributed by atoms with Crippen LogP contribution >= 0.6 is 0 Å². The summed E-state index contributed by atoms with van der Waals surface area (Å²) in [5.41, 5.74) is 2.70. The van der Waals surface area contributed by atoms with Crippen LogP contribution in [-0.4, -0.2) is 53.3 Å². The maximum Gasteiger partial charge on any atom is 0.247 e. The fourth-order valence-electron chi connectivity index (χ4n) is 3.08. The molecule has 0 bridgehead atoms. The van der Waals surface area contributed by atoms with E-state index in [1.165, 1.54) is 11.6 Å². The number of aryl methyl sites for hydroxylation is 1. The average Bonchev–Trinajstić information content (AvgIpc) is 3.11. The van der Waals surface area contributed by atoms with Gasteiger partial charge in [-0.1, -0.05) is 23.8 Å². The number of ether oxygens (including phenoxy) is 1. The third-order valence-electron chi connectivity index (χ3n) is 4.64. The highest BCUT2D eigenvalue weighted by Gasteiger charge is 2.31. The molecular formula is C22H23FN4O2. The van der Waals surface area contributed by atoms with Crippen molar-refractivity contribution < 1.29 is 13.5 Å². The van der Waals surface area contributed by atoms with Crippen molar-refractivity contribution in [3.63, 3.8) is 0 Å². The van der Waals surface area contributed by atoms with Crippen LogP contribution in [0.4, 0.5) is 4.39 Å². The van der Waals surface area contributed by atoms with Crippen molar-refractivity contribution >= 4 is 0 Å². The summed E-state index contributed by atoms with van der Waals surface area (Å²) >= 11 is 0. The molecule has 1 aliphatic rings. The van der Waals surface area contributed by atoms with E-state index in [1.54, 1.807) is 6.07 Å². The van der Waals surface area contributed by atoms with Crippen LogP contribution in [0.5, 0.6) is 5.75 Å². The lowest BCUT2D eigenvalue weighted by molar-refractivity contribution is 0.0406. The highest BCUT2D eigenvalue weighted by molar-refractivity contribution is 5.52. The van der Waals surface area contributed by atoms with Gasteiger partial charge in [0.2, 0.25) is 11.8 Å². The van der Waals surface area contributed by atoms with E-state index in [1.807, 2.05) is 61.2 Å². The Morgan fingerprint density at radius 3 is 2.62 bits per heavy atom. The first kappa shape index (κ1) is 19.5. The van der Waals surface area contributed by atoms with Crippen LogP contribution in [0.25, 0.3) is 11.5 Å². The lowest BCUT2D eigenvalue weighted by Crippen LogP contribution is -2.52. The van der Waals surface area contributed by atoms with Gasteiger partial charge >= 0.3 is 0 Å². The second-order valence-corrected chi connectivity index (χ2v) is 7.53. The molecule has 150 valence electrons. The van der Waals surface area contributed by atoms with Gasteiger partial charge in [-0.2, -0.15) is 0 Å². The van der Waals surface area contributed by atoms with Crippen molar-refractivity contribution in [2.45, 2.75) is 19.6 Å². The molecule has 0 atom stereocenters. The number of nitrogens with zero attached hydrogens (tertiary/aromatic N) is 4. The first-order valence-corrected chi connectivity index (χ1v) is 9.48. The highest BCUT2D eigenvalue weighted by Crippen LogP contribution is 2.24. The van der Waals surface area contributed by atoms with E-state index in [-0.39, 0.29) is 11.9 Å². The molecule has 29 heavy (non-hydrogen) atoms. The van der Waals surface area contributed by atoms with Crippen molar-refractivity contribution in [2.24, 2.45) is 0 Å². The van der Waals surface area contributed by atoms with Gasteiger partial charge < -0.3 is 14.1 Å². The number of hydrogen-bond donors (Lipinski definition) is 0. The standard InChI is InChI=1S/C22H23FN4O2/c1-15-4-6-16(7-5-15)22-25-24-21(29-22)14-27-12-19(13-27)28-18-9-8-17(11-26(2)3)20(23)10-18/h4-10,19H,11-13H2,1-3H3. The van der Waals surface area contributed by atoms with Crippen LogP contribution in [0.15, 0.2) is 46.9 Å². The molecule has 2 heterocycles. The zero-order valence-corrected chi connectivity index (χ0v) is 16.7. The van der Waals surface area contributed by atoms with Crippen molar-refractivity contribution in [3.05, 3.63) is 71.8 Å². The molecule has 0 spiro atoms. The van der Waals surface area contributed by atoms with E-state index in [0.717, 1.165) is 5.56 Å². The van der Waals surface area contributed by atoms with Gasteiger partial charge in [0.25, 0.3) is 0 Å². The summed E-state index contributed by atoms with van der Waals surface area (Å²) in [6, 6.07) is 12.9. The summed E-state index contributed by atoms with van der Waals surface area (Å²) in [6.07, 6.45) is -0.0268. The van der Waals surface area contributed by atoms with E-state index in [2.05, 4.69) is 16.7 Å². The first-order chi connectivity index (χ1) is 14.0. The van der Waals surface area contributed by atoms with Crippen molar-refractivity contribution in [2.75, 3.05) is 27.2 Å². The Balaban J connectivity index is 1.27. The molecule has 0 unspecified atom stereocenters. The van der Waals surface area contributed by atoms with E-state index in [9.17, 15) is 4.39 Å². The molecule has 1 aliphatic heterocycles. The Labute approximate surface area is 169 Å². The van der Waals surface area contributed by atoms with Gasteiger partial charge in [-0.25, -0.2) is 4.39 Å². The van der Waals surface area contributed by atoms with Gasteiger partial charge in [0, 0.05) is 36.8 Å². The molecule has 0 N–H and O–H groups in total. The van der Waals surface area contributed by atoms with Gasteiger partial charge in [-0.3, -0.25) is 4.90 Å². The fourth-order valence-corrected chi connectivity index (χ4v) is 3.08. The van der Waals surface area contributed by atoms with Gasteiger partial charge in [0.1, 0.15) is 17.7 Å². The second-order valence-electron chi connectivity index (χ2n) is 7.53. The van der Waals surface area contributed by atoms with Crippen LogP contribution in [-0.2, 0) is 6.54 Å². The molecule has 7 heteroatoms. The van der Waals surface area contributed by atoms with Gasteiger partial charge in [-0.05, 0) is 39.2 Å². The predicted octanol–water partition coefficient (Wildman–Crippen LogP) is 3.40. The highest BCUT2D eigenvalue weighted by atomic mass is 19.1. The van der Waals surface area contributed by atoms with E-state index in [0.29, 0.717) is 42.7 Å². The molecule has 2 aromatic carbocycles. The zero-order chi connectivity index (χ0) is 20.4. The van der Waals surface area contributed by atoms with E-state index < -0.39 is 0 Å². The summed E-state index contributed by atoms with van der Waals surface area (Å²) in [5, 5.41) is 8.10. The predicted molar refractivity (Wildman–Crippen MR) is 107 cm³/mol. The molecule has 6 nitrogen and oxygen atoms in total. The van der Waals surface area contributed by atoms with Gasteiger partial charge in [-0.15, -0.1) is 10.2 Å². The van der Waals surface area contributed by atoms with Crippen molar-refractivity contribution in [1.82, 2.24) is 20.0 Å².